The summed E-state index contributed by atoms with van der Waals surface area (Å²) in [6, 6.07) is -0.530. The molecule has 6 heteroatoms. The summed E-state index contributed by atoms with van der Waals surface area (Å²) in [6.45, 7) is 7.96. The number of hydrogen-bond donors (Lipinski definition) is 2. The fourth-order valence-corrected chi connectivity index (χ4v) is 1.77. The van der Waals surface area contributed by atoms with Gasteiger partial charge in [0.2, 0.25) is 0 Å². The van der Waals surface area contributed by atoms with Crippen LogP contribution in [0.4, 0.5) is 4.79 Å². The average Bonchev–Trinajstić information content (AvgIpc) is 2.34. The van der Waals surface area contributed by atoms with Crippen LogP contribution in [-0.2, 0) is 9.53 Å². The fourth-order valence-electron chi connectivity index (χ4n) is 1.77. The number of carboxylic acids is 1. The molecular weight excluding hydrogens is 248 g/mol. The van der Waals surface area contributed by atoms with Crippen molar-refractivity contribution in [2.24, 2.45) is 0 Å². The predicted molar refractivity (Wildman–Crippen MR) is 73.2 cm³/mol. The van der Waals surface area contributed by atoms with Crippen molar-refractivity contribution in [2.45, 2.75) is 46.1 Å². The summed E-state index contributed by atoms with van der Waals surface area (Å²) in [5.41, 5.74) is 0. The van der Waals surface area contributed by atoms with Gasteiger partial charge in [0, 0.05) is 25.7 Å². The summed E-state index contributed by atoms with van der Waals surface area (Å²) in [5, 5.41) is 11.6. The molecule has 19 heavy (non-hydrogen) atoms. The SMILES string of the molecule is CCCC(CC(=O)O)NC(=O)N(CC)CCOCC. The van der Waals surface area contributed by atoms with Gasteiger partial charge in [0.1, 0.15) is 0 Å². The van der Waals surface area contributed by atoms with Crippen LogP contribution in [0.1, 0.15) is 40.0 Å². The zero-order valence-corrected chi connectivity index (χ0v) is 12.1. The van der Waals surface area contributed by atoms with E-state index in [2.05, 4.69) is 5.32 Å². The third kappa shape index (κ3) is 8.42. The molecule has 0 rings (SSSR count). The molecule has 0 aromatic rings. The molecule has 6 nitrogen and oxygen atoms in total. The number of urea groups is 1. The standard InChI is InChI=1S/C13H26N2O4/c1-4-7-11(10-12(16)17)14-13(18)15(5-2)8-9-19-6-3/h11H,4-10H2,1-3H3,(H,14,18)(H,16,17). The molecule has 0 aromatic carbocycles. The molecule has 0 aliphatic heterocycles. The Morgan fingerprint density at radius 2 is 2.00 bits per heavy atom. The Labute approximate surface area is 115 Å². The van der Waals surface area contributed by atoms with Crippen molar-refractivity contribution >= 4 is 12.0 Å². The van der Waals surface area contributed by atoms with E-state index in [0.29, 0.717) is 32.7 Å². The van der Waals surface area contributed by atoms with Gasteiger partial charge in [0.25, 0.3) is 0 Å². The number of carbonyl (C=O) groups excluding carboxylic acids is 1. The second-order valence-corrected chi connectivity index (χ2v) is 4.31. The van der Waals surface area contributed by atoms with Crippen LogP contribution >= 0.6 is 0 Å². The van der Waals surface area contributed by atoms with Gasteiger partial charge in [0.05, 0.1) is 13.0 Å². The normalized spacial score (nSPS) is 11.9. The van der Waals surface area contributed by atoms with Crippen LogP contribution in [0, 0.1) is 0 Å². The highest BCUT2D eigenvalue weighted by Crippen LogP contribution is 2.03. The minimum absolute atomic E-state index is 0.0391. The van der Waals surface area contributed by atoms with Gasteiger partial charge >= 0.3 is 12.0 Å². The van der Waals surface area contributed by atoms with Crippen LogP contribution in [0.15, 0.2) is 0 Å². The zero-order chi connectivity index (χ0) is 14.7. The van der Waals surface area contributed by atoms with E-state index in [1.54, 1.807) is 4.90 Å². The number of nitrogens with zero attached hydrogens (tertiary/aromatic N) is 1. The quantitative estimate of drug-likeness (QED) is 0.594. The molecule has 0 bridgehead atoms. The maximum atomic E-state index is 12.0. The largest absolute Gasteiger partial charge is 0.481 e. The Hall–Kier alpha value is -1.30. The predicted octanol–water partition coefficient (Wildman–Crippen LogP) is 1.70. The smallest absolute Gasteiger partial charge is 0.317 e. The molecule has 0 aliphatic rings. The Bertz CT molecular complexity index is 271. The molecule has 0 heterocycles. The summed E-state index contributed by atoms with van der Waals surface area (Å²) < 4.78 is 5.22. The fraction of sp³-hybridized carbons (Fsp3) is 0.846. The van der Waals surface area contributed by atoms with E-state index in [0.717, 1.165) is 6.42 Å². The minimum Gasteiger partial charge on any atom is -0.481 e. The lowest BCUT2D eigenvalue weighted by atomic mass is 10.1. The number of ether oxygens (including phenoxy) is 1. The summed E-state index contributed by atoms with van der Waals surface area (Å²) >= 11 is 0. The van der Waals surface area contributed by atoms with Gasteiger partial charge in [-0.2, -0.15) is 0 Å². The topological polar surface area (TPSA) is 78.9 Å². The van der Waals surface area contributed by atoms with Crippen LogP contribution in [0.25, 0.3) is 0 Å². The van der Waals surface area contributed by atoms with E-state index < -0.39 is 5.97 Å². The van der Waals surface area contributed by atoms with Crippen molar-refractivity contribution < 1.29 is 19.4 Å². The molecule has 1 unspecified atom stereocenters. The maximum absolute atomic E-state index is 12.0. The zero-order valence-electron chi connectivity index (χ0n) is 12.1. The molecule has 0 aliphatic carbocycles. The van der Waals surface area contributed by atoms with E-state index >= 15 is 0 Å². The van der Waals surface area contributed by atoms with Gasteiger partial charge in [-0.1, -0.05) is 13.3 Å². The van der Waals surface area contributed by atoms with Crippen molar-refractivity contribution in [1.29, 1.82) is 0 Å². The van der Waals surface area contributed by atoms with E-state index in [9.17, 15) is 9.59 Å². The maximum Gasteiger partial charge on any atom is 0.317 e. The van der Waals surface area contributed by atoms with E-state index in [-0.39, 0.29) is 18.5 Å². The minimum atomic E-state index is -0.892. The molecule has 0 saturated carbocycles. The molecule has 0 radical (unpaired) electrons. The number of carbonyl (C=O) groups is 2. The van der Waals surface area contributed by atoms with Crippen LogP contribution in [0.2, 0.25) is 0 Å². The Morgan fingerprint density at radius 1 is 1.32 bits per heavy atom. The molecule has 2 N–H and O–H groups in total. The van der Waals surface area contributed by atoms with Crippen molar-refractivity contribution in [3.63, 3.8) is 0 Å². The monoisotopic (exact) mass is 274 g/mol. The highest BCUT2D eigenvalue weighted by Gasteiger charge is 2.18. The Kier molecular flexibility index (Phi) is 9.88. The first-order valence-electron chi connectivity index (χ1n) is 6.90. The highest BCUT2D eigenvalue weighted by atomic mass is 16.5. The molecule has 2 amide bonds. The molecule has 112 valence electrons. The molecule has 1 atom stereocenters. The van der Waals surface area contributed by atoms with Gasteiger partial charge in [-0.3, -0.25) is 4.79 Å². The summed E-state index contributed by atoms with van der Waals surface area (Å²) in [4.78, 5) is 24.4. The van der Waals surface area contributed by atoms with Gasteiger partial charge < -0.3 is 20.1 Å². The lowest BCUT2D eigenvalue weighted by molar-refractivity contribution is -0.137. The molecule has 0 saturated heterocycles. The van der Waals surface area contributed by atoms with Gasteiger partial charge in [0.15, 0.2) is 0 Å². The number of hydrogen-bond acceptors (Lipinski definition) is 3. The number of amides is 2. The summed E-state index contributed by atoms with van der Waals surface area (Å²) in [5.74, 6) is -0.892. The van der Waals surface area contributed by atoms with Gasteiger partial charge in [-0.05, 0) is 20.3 Å². The third-order valence-corrected chi connectivity index (χ3v) is 2.76. The van der Waals surface area contributed by atoms with Crippen LogP contribution < -0.4 is 5.32 Å². The number of nitrogens with one attached hydrogen (secondary N) is 1. The van der Waals surface area contributed by atoms with Crippen LogP contribution in [0.5, 0.6) is 0 Å². The van der Waals surface area contributed by atoms with E-state index in [1.165, 1.54) is 0 Å². The first kappa shape index (κ1) is 17.7. The average molecular weight is 274 g/mol. The number of carboxylic acid groups (broad SMARTS) is 1. The first-order chi connectivity index (χ1) is 9.04. The highest BCUT2D eigenvalue weighted by molar-refractivity contribution is 5.75. The summed E-state index contributed by atoms with van der Waals surface area (Å²) in [6.07, 6.45) is 1.47. The number of likely N-dealkylation sites (N-methyl/N-ethyl adjacent to an activating group) is 1. The third-order valence-electron chi connectivity index (χ3n) is 2.76. The number of aliphatic carboxylic acids is 1. The van der Waals surface area contributed by atoms with Crippen molar-refractivity contribution in [3.05, 3.63) is 0 Å². The molecule has 0 spiro atoms. The molecule has 0 aromatic heterocycles. The second kappa shape index (κ2) is 10.6. The van der Waals surface area contributed by atoms with Gasteiger partial charge in [-0.15, -0.1) is 0 Å². The van der Waals surface area contributed by atoms with Gasteiger partial charge in [-0.25, -0.2) is 4.79 Å². The van der Waals surface area contributed by atoms with E-state index in [1.807, 2.05) is 20.8 Å². The van der Waals surface area contributed by atoms with Crippen molar-refractivity contribution in [3.8, 4) is 0 Å². The van der Waals surface area contributed by atoms with E-state index in [4.69, 9.17) is 9.84 Å². The Morgan fingerprint density at radius 3 is 2.47 bits per heavy atom. The van der Waals surface area contributed by atoms with Crippen molar-refractivity contribution in [2.75, 3.05) is 26.3 Å². The lowest BCUT2D eigenvalue weighted by Crippen LogP contribution is -2.46. The lowest BCUT2D eigenvalue weighted by Gasteiger charge is -2.24. The summed E-state index contributed by atoms with van der Waals surface area (Å²) in [7, 11) is 0. The molecular formula is C13H26N2O4. The van der Waals surface area contributed by atoms with Crippen LogP contribution in [-0.4, -0.2) is 54.4 Å². The Balaban J connectivity index is 4.28. The van der Waals surface area contributed by atoms with Crippen LogP contribution in [0.3, 0.4) is 0 Å². The number of rotatable bonds is 10. The first-order valence-corrected chi connectivity index (χ1v) is 6.90. The molecule has 0 fully saturated rings. The van der Waals surface area contributed by atoms with Crippen molar-refractivity contribution in [1.82, 2.24) is 10.2 Å². The second-order valence-electron chi connectivity index (χ2n) is 4.31.